The average Bonchev–Trinajstić information content (AvgIpc) is 3.02. The molecule has 2 amide bonds. The van der Waals surface area contributed by atoms with Gasteiger partial charge in [0.1, 0.15) is 13.2 Å². The quantitative estimate of drug-likeness (QED) is 0.381. The van der Waals surface area contributed by atoms with Gasteiger partial charge >= 0.3 is 5.97 Å². The number of thioether (sulfide) groups is 1. The minimum Gasteiger partial charge on any atom is -0.493 e. The van der Waals surface area contributed by atoms with Gasteiger partial charge in [-0.15, -0.1) is 0 Å². The molecule has 1 heterocycles. The molecule has 0 saturated carbocycles. The summed E-state index contributed by atoms with van der Waals surface area (Å²) in [7, 11) is 1.52. The molecule has 1 aliphatic rings. The van der Waals surface area contributed by atoms with Crippen LogP contribution in [0.4, 0.5) is 4.79 Å². The van der Waals surface area contributed by atoms with E-state index in [1.54, 1.807) is 25.1 Å². The van der Waals surface area contributed by atoms with E-state index in [2.05, 4.69) is 15.9 Å². The van der Waals surface area contributed by atoms with E-state index in [0.29, 0.717) is 28.1 Å². The van der Waals surface area contributed by atoms with Gasteiger partial charge < -0.3 is 14.2 Å². The van der Waals surface area contributed by atoms with Crippen LogP contribution in [0.5, 0.6) is 11.5 Å². The normalized spacial score (nSPS) is 14.8. The zero-order valence-corrected chi connectivity index (χ0v) is 19.3. The Balaban J connectivity index is 1.79. The van der Waals surface area contributed by atoms with Gasteiger partial charge in [-0.3, -0.25) is 19.3 Å². The molecule has 1 fully saturated rings. The summed E-state index contributed by atoms with van der Waals surface area (Å²) >= 11 is 4.25. The molecule has 0 atom stereocenters. The predicted octanol–water partition coefficient (Wildman–Crippen LogP) is 4.64. The smallest absolute Gasteiger partial charge is 0.326 e. The van der Waals surface area contributed by atoms with Crippen molar-refractivity contribution >= 4 is 50.9 Å². The van der Waals surface area contributed by atoms with Crippen molar-refractivity contribution in [3.05, 3.63) is 63.0 Å². The van der Waals surface area contributed by atoms with E-state index in [0.717, 1.165) is 22.2 Å². The van der Waals surface area contributed by atoms with Crippen LogP contribution in [-0.4, -0.2) is 42.3 Å². The highest BCUT2D eigenvalue weighted by Gasteiger charge is 2.36. The Morgan fingerprint density at radius 3 is 2.58 bits per heavy atom. The maximum atomic E-state index is 12.6. The number of carbonyl (C=O) groups is 3. The third kappa shape index (κ3) is 5.68. The first-order valence-corrected chi connectivity index (χ1v) is 11.0. The molecule has 0 aliphatic carbocycles. The maximum Gasteiger partial charge on any atom is 0.326 e. The molecule has 2 aromatic rings. The fraction of sp³-hybridized carbons (Fsp3) is 0.227. The van der Waals surface area contributed by atoms with Crippen molar-refractivity contribution in [3.8, 4) is 11.5 Å². The van der Waals surface area contributed by atoms with E-state index < -0.39 is 23.7 Å². The number of hydrogen-bond donors (Lipinski definition) is 0. The highest BCUT2D eigenvalue weighted by molar-refractivity contribution is 9.10. The molecule has 0 aromatic heterocycles. The first-order chi connectivity index (χ1) is 14.9. The summed E-state index contributed by atoms with van der Waals surface area (Å²) in [6, 6.07) is 13.2. The van der Waals surface area contributed by atoms with Crippen LogP contribution in [0.25, 0.3) is 6.08 Å². The molecule has 0 N–H and O–H groups in total. The van der Waals surface area contributed by atoms with Gasteiger partial charge in [-0.25, -0.2) is 0 Å². The molecular weight excluding hydrogens is 486 g/mol. The van der Waals surface area contributed by atoms with Crippen molar-refractivity contribution in [2.24, 2.45) is 0 Å². The lowest BCUT2D eigenvalue weighted by Gasteiger charge is -2.13. The van der Waals surface area contributed by atoms with E-state index in [1.807, 2.05) is 30.3 Å². The zero-order chi connectivity index (χ0) is 22.4. The molecular formula is C22H20BrNO6S. The van der Waals surface area contributed by atoms with Gasteiger partial charge in [0, 0.05) is 4.47 Å². The Bertz CT molecular complexity index is 1020. The number of carbonyl (C=O) groups excluding carboxylic acids is 3. The first-order valence-electron chi connectivity index (χ1n) is 9.38. The standard InChI is InChI=1S/C22H20BrNO6S/c1-3-29-20(25)12-24-21(26)19(31-22(24)27)10-15-9-17(28-2)18(11-16(15)23)30-13-14-7-5-4-6-8-14/h4-11H,3,12-13H2,1-2H3/b19-10+. The van der Waals surface area contributed by atoms with Gasteiger partial charge in [0.15, 0.2) is 11.5 Å². The summed E-state index contributed by atoms with van der Waals surface area (Å²) in [6.07, 6.45) is 1.57. The lowest BCUT2D eigenvalue weighted by atomic mass is 10.1. The molecule has 0 bridgehead atoms. The molecule has 3 rings (SSSR count). The third-order valence-corrected chi connectivity index (χ3v) is 5.87. The topological polar surface area (TPSA) is 82.1 Å². The van der Waals surface area contributed by atoms with Crippen LogP contribution in [0.1, 0.15) is 18.1 Å². The van der Waals surface area contributed by atoms with E-state index in [-0.39, 0.29) is 11.5 Å². The van der Waals surface area contributed by atoms with Crippen LogP contribution in [-0.2, 0) is 20.9 Å². The number of halogens is 1. The van der Waals surface area contributed by atoms with Gasteiger partial charge in [-0.2, -0.15) is 0 Å². The van der Waals surface area contributed by atoms with Gasteiger partial charge in [-0.1, -0.05) is 46.3 Å². The number of esters is 1. The number of benzene rings is 2. The predicted molar refractivity (Wildman–Crippen MR) is 121 cm³/mol. The fourth-order valence-electron chi connectivity index (χ4n) is 2.78. The Morgan fingerprint density at radius 1 is 1.16 bits per heavy atom. The first kappa shape index (κ1) is 22.9. The molecule has 0 spiro atoms. The number of methoxy groups -OCH3 is 1. The molecule has 9 heteroatoms. The van der Waals surface area contributed by atoms with E-state index in [1.165, 1.54) is 7.11 Å². The van der Waals surface area contributed by atoms with Crippen molar-refractivity contribution in [2.75, 3.05) is 20.3 Å². The van der Waals surface area contributed by atoms with E-state index >= 15 is 0 Å². The summed E-state index contributed by atoms with van der Waals surface area (Å²) in [5.41, 5.74) is 1.64. The average molecular weight is 506 g/mol. The summed E-state index contributed by atoms with van der Waals surface area (Å²) in [5.74, 6) is -0.158. The number of amides is 2. The minimum atomic E-state index is -0.631. The Kier molecular flexibility index (Phi) is 7.75. The van der Waals surface area contributed by atoms with Crippen molar-refractivity contribution in [2.45, 2.75) is 13.5 Å². The zero-order valence-electron chi connectivity index (χ0n) is 16.9. The van der Waals surface area contributed by atoms with Crippen molar-refractivity contribution < 1.29 is 28.6 Å². The number of ether oxygens (including phenoxy) is 3. The highest BCUT2D eigenvalue weighted by Crippen LogP contribution is 2.38. The van der Waals surface area contributed by atoms with Crippen LogP contribution < -0.4 is 9.47 Å². The summed E-state index contributed by atoms with van der Waals surface area (Å²) in [5, 5.41) is -0.518. The number of rotatable bonds is 8. The molecule has 1 saturated heterocycles. The fourth-order valence-corrected chi connectivity index (χ4v) is 4.05. The van der Waals surface area contributed by atoms with Gasteiger partial charge in [0.25, 0.3) is 11.1 Å². The second kappa shape index (κ2) is 10.5. The van der Waals surface area contributed by atoms with Gasteiger partial charge in [-0.05, 0) is 48.0 Å². The lowest BCUT2D eigenvalue weighted by Crippen LogP contribution is -2.34. The number of nitrogens with zero attached hydrogens (tertiary/aromatic N) is 1. The van der Waals surface area contributed by atoms with Crippen LogP contribution in [0.2, 0.25) is 0 Å². The second-order valence-electron chi connectivity index (χ2n) is 6.37. The lowest BCUT2D eigenvalue weighted by molar-refractivity contribution is -0.145. The van der Waals surface area contributed by atoms with Crippen molar-refractivity contribution in [3.63, 3.8) is 0 Å². The van der Waals surface area contributed by atoms with E-state index in [9.17, 15) is 14.4 Å². The molecule has 31 heavy (non-hydrogen) atoms. The molecule has 1 aliphatic heterocycles. The third-order valence-electron chi connectivity index (χ3n) is 4.27. The van der Waals surface area contributed by atoms with Crippen molar-refractivity contribution in [1.29, 1.82) is 0 Å². The Labute approximate surface area is 192 Å². The molecule has 0 radical (unpaired) electrons. The largest absolute Gasteiger partial charge is 0.493 e. The van der Waals surface area contributed by atoms with Crippen LogP contribution in [0.15, 0.2) is 51.8 Å². The monoisotopic (exact) mass is 505 g/mol. The van der Waals surface area contributed by atoms with Gasteiger partial charge in [0.05, 0.1) is 18.6 Å². The number of hydrogen-bond acceptors (Lipinski definition) is 7. The maximum absolute atomic E-state index is 12.6. The van der Waals surface area contributed by atoms with Crippen LogP contribution in [0, 0.1) is 0 Å². The molecule has 7 nitrogen and oxygen atoms in total. The summed E-state index contributed by atoms with van der Waals surface area (Å²) in [6.45, 7) is 1.79. The second-order valence-corrected chi connectivity index (χ2v) is 8.22. The van der Waals surface area contributed by atoms with Gasteiger partial charge in [0.2, 0.25) is 0 Å². The van der Waals surface area contributed by atoms with E-state index in [4.69, 9.17) is 14.2 Å². The van der Waals surface area contributed by atoms with Crippen molar-refractivity contribution in [1.82, 2.24) is 4.90 Å². The van der Waals surface area contributed by atoms with Crippen LogP contribution >= 0.6 is 27.7 Å². The molecule has 2 aromatic carbocycles. The highest BCUT2D eigenvalue weighted by atomic mass is 79.9. The number of imide groups is 1. The summed E-state index contributed by atoms with van der Waals surface area (Å²) < 4.78 is 16.8. The minimum absolute atomic E-state index is 0.177. The van der Waals surface area contributed by atoms with Crippen LogP contribution in [0.3, 0.4) is 0 Å². The Morgan fingerprint density at radius 2 is 1.90 bits per heavy atom. The molecule has 162 valence electrons. The Hall–Kier alpha value is -2.78. The SMILES string of the molecule is CCOC(=O)CN1C(=O)S/C(=C/c2cc(OC)c(OCc3ccccc3)cc2Br)C1=O. The molecule has 0 unspecified atom stereocenters. The summed E-state index contributed by atoms with van der Waals surface area (Å²) in [4.78, 5) is 37.5.